The number of para-hydroxylation sites is 2. The van der Waals surface area contributed by atoms with Crippen LogP contribution in [0.1, 0.15) is 31.7 Å². The van der Waals surface area contributed by atoms with Crippen molar-refractivity contribution in [1.82, 2.24) is 0 Å². The van der Waals surface area contributed by atoms with E-state index < -0.39 is 0 Å². The van der Waals surface area contributed by atoms with E-state index in [1.807, 2.05) is 31.2 Å². The van der Waals surface area contributed by atoms with Crippen LogP contribution >= 0.6 is 0 Å². The lowest BCUT2D eigenvalue weighted by Gasteiger charge is -2.36. The summed E-state index contributed by atoms with van der Waals surface area (Å²) in [4.78, 5) is 14.3. The van der Waals surface area contributed by atoms with Gasteiger partial charge in [0, 0.05) is 19.4 Å². The van der Waals surface area contributed by atoms with Crippen LogP contribution in [-0.2, 0) is 11.3 Å². The number of anilines is 1. The van der Waals surface area contributed by atoms with Gasteiger partial charge in [-0.05, 0) is 24.1 Å². The second-order valence-corrected chi connectivity index (χ2v) is 6.07. The molecule has 1 atom stereocenters. The molecule has 3 rings (SSSR count). The first-order valence-corrected chi connectivity index (χ1v) is 8.32. The maximum Gasteiger partial charge on any atom is 0.143 e. The molecule has 1 aliphatic heterocycles. The topological polar surface area (TPSA) is 29.5 Å². The maximum atomic E-state index is 12.0. The number of Topliss-reactive ketones (excluding diaryl/α,β-unsaturated/α-hetero) is 1. The fourth-order valence-electron chi connectivity index (χ4n) is 3.07. The summed E-state index contributed by atoms with van der Waals surface area (Å²) in [5.74, 6) is 1.17. The van der Waals surface area contributed by atoms with E-state index in [4.69, 9.17) is 4.74 Å². The molecular weight excluding hydrogens is 286 g/mol. The smallest absolute Gasteiger partial charge is 0.143 e. The van der Waals surface area contributed by atoms with Crippen LogP contribution in [0, 0.1) is 0 Å². The van der Waals surface area contributed by atoms with Crippen LogP contribution in [0.5, 0.6) is 5.75 Å². The molecule has 0 unspecified atom stereocenters. The highest BCUT2D eigenvalue weighted by Gasteiger charge is 2.26. The van der Waals surface area contributed by atoms with E-state index in [0.717, 1.165) is 30.9 Å². The number of hydrogen-bond donors (Lipinski definition) is 0. The standard InChI is InChI=1S/C20H23NO2/c1-2-8-17(22)13-18-15-21(14-16-9-4-3-5-10-16)19-11-6-7-12-20(19)23-18/h3-7,9-12,18H,2,8,13-15H2,1H3/t18-/m0/s1. The minimum atomic E-state index is -0.0623. The molecule has 0 fully saturated rings. The molecule has 3 heteroatoms. The third-order valence-corrected chi connectivity index (χ3v) is 4.12. The van der Waals surface area contributed by atoms with Crippen LogP contribution in [0.15, 0.2) is 54.6 Å². The molecular formula is C20H23NO2. The fraction of sp³-hybridized carbons (Fsp3) is 0.350. The minimum Gasteiger partial charge on any atom is -0.486 e. The van der Waals surface area contributed by atoms with E-state index in [1.54, 1.807) is 0 Å². The molecule has 0 radical (unpaired) electrons. The van der Waals surface area contributed by atoms with Crippen molar-refractivity contribution in [2.75, 3.05) is 11.4 Å². The first kappa shape index (κ1) is 15.6. The van der Waals surface area contributed by atoms with Crippen molar-refractivity contribution in [1.29, 1.82) is 0 Å². The molecule has 0 aliphatic carbocycles. The van der Waals surface area contributed by atoms with Crippen molar-refractivity contribution in [3.63, 3.8) is 0 Å². The van der Waals surface area contributed by atoms with Crippen molar-refractivity contribution >= 4 is 11.5 Å². The first-order valence-electron chi connectivity index (χ1n) is 8.32. The summed E-state index contributed by atoms with van der Waals surface area (Å²) in [6, 6.07) is 18.5. The molecule has 120 valence electrons. The number of fused-ring (bicyclic) bond motifs is 1. The zero-order valence-corrected chi connectivity index (χ0v) is 13.6. The highest BCUT2D eigenvalue weighted by molar-refractivity contribution is 5.79. The van der Waals surface area contributed by atoms with Gasteiger partial charge in [0.15, 0.2) is 0 Å². The van der Waals surface area contributed by atoms with Gasteiger partial charge < -0.3 is 9.64 Å². The van der Waals surface area contributed by atoms with Crippen LogP contribution in [0.2, 0.25) is 0 Å². The number of benzene rings is 2. The highest BCUT2D eigenvalue weighted by atomic mass is 16.5. The lowest BCUT2D eigenvalue weighted by molar-refractivity contribution is -0.120. The van der Waals surface area contributed by atoms with Crippen molar-refractivity contribution in [3.8, 4) is 5.75 Å². The highest BCUT2D eigenvalue weighted by Crippen LogP contribution is 2.34. The van der Waals surface area contributed by atoms with Gasteiger partial charge in [-0.3, -0.25) is 4.79 Å². The largest absolute Gasteiger partial charge is 0.486 e. The number of carbonyl (C=O) groups excluding carboxylic acids is 1. The first-order chi connectivity index (χ1) is 11.3. The third kappa shape index (κ3) is 3.92. The number of ether oxygens (including phenoxy) is 1. The average molecular weight is 309 g/mol. The van der Waals surface area contributed by atoms with Gasteiger partial charge in [0.25, 0.3) is 0 Å². The maximum absolute atomic E-state index is 12.0. The molecule has 0 bridgehead atoms. The molecule has 1 heterocycles. The van der Waals surface area contributed by atoms with Gasteiger partial charge in [-0.2, -0.15) is 0 Å². The Morgan fingerprint density at radius 1 is 1.13 bits per heavy atom. The van der Waals surface area contributed by atoms with E-state index in [-0.39, 0.29) is 11.9 Å². The fourth-order valence-corrected chi connectivity index (χ4v) is 3.07. The lowest BCUT2D eigenvalue weighted by Crippen LogP contribution is -2.40. The van der Waals surface area contributed by atoms with Crippen molar-refractivity contribution in [3.05, 3.63) is 60.2 Å². The van der Waals surface area contributed by atoms with Crippen LogP contribution in [0.25, 0.3) is 0 Å². The molecule has 0 saturated heterocycles. The van der Waals surface area contributed by atoms with E-state index in [9.17, 15) is 4.79 Å². The molecule has 0 N–H and O–H groups in total. The number of carbonyl (C=O) groups is 1. The average Bonchev–Trinajstić information content (AvgIpc) is 2.56. The Kier molecular flexibility index (Phi) is 4.96. The molecule has 2 aromatic carbocycles. The monoisotopic (exact) mass is 309 g/mol. The zero-order chi connectivity index (χ0) is 16.1. The van der Waals surface area contributed by atoms with Crippen molar-refractivity contribution in [2.45, 2.75) is 38.8 Å². The van der Waals surface area contributed by atoms with Crippen LogP contribution < -0.4 is 9.64 Å². The number of nitrogens with zero attached hydrogens (tertiary/aromatic N) is 1. The Hall–Kier alpha value is -2.29. The predicted molar refractivity (Wildman–Crippen MR) is 92.9 cm³/mol. The summed E-state index contributed by atoms with van der Waals surface area (Å²) in [6.07, 6.45) is 1.97. The van der Waals surface area contributed by atoms with Gasteiger partial charge in [-0.1, -0.05) is 49.4 Å². The van der Waals surface area contributed by atoms with Gasteiger partial charge in [-0.25, -0.2) is 0 Å². The Morgan fingerprint density at radius 3 is 2.65 bits per heavy atom. The van der Waals surface area contributed by atoms with Crippen LogP contribution in [0.4, 0.5) is 5.69 Å². The number of rotatable bonds is 6. The molecule has 0 saturated carbocycles. The second kappa shape index (κ2) is 7.32. The van der Waals surface area contributed by atoms with Crippen LogP contribution in [0.3, 0.4) is 0 Å². The van der Waals surface area contributed by atoms with E-state index in [2.05, 4.69) is 35.2 Å². The van der Waals surface area contributed by atoms with Gasteiger partial charge in [0.2, 0.25) is 0 Å². The Bertz CT molecular complexity index is 654. The van der Waals surface area contributed by atoms with E-state index in [1.165, 1.54) is 5.56 Å². The summed E-state index contributed by atoms with van der Waals surface area (Å²) < 4.78 is 6.05. The number of hydrogen-bond acceptors (Lipinski definition) is 3. The van der Waals surface area contributed by atoms with Gasteiger partial charge in [0.1, 0.15) is 17.6 Å². The van der Waals surface area contributed by atoms with E-state index in [0.29, 0.717) is 12.8 Å². The minimum absolute atomic E-state index is 0.0623. The molecule has 2 aromatic rings. The van der Waals surface area contributed by atoms with E-state index >= 15 is 0 Å². The van der Waals surface area contributed by atoms with Gasteiger partial charge >= 0.3 is 0 Å². The lowest BCUT2D eigenvalue weighted by atomic mass is 10.1. The third-order valence-electron chi connectivity index (χ3n) is 4.12. The quantitative estimate of drug-likeness (QED) is 0.800. The van der Waals surface area contributed by atoms with Gasteiger partial charge in [-0.15, -0.1) is 0 Å². The summed E-state index contributed by atoms with van der Waals surface area (Å²) in [5, 5.41) is 0. The normalized spacial score (nSPS) is 16.6. The van der Waals surface area contributed by atoms with Crippen LogP contribution in [-0.4, -0.2) is 18.4 Å². The summed E-state index contributed by atoms with van der Waals surface area (Å²) in [5.41, 5.74) is 2.37. The molecule has 0 amide bonds. The molecule has 0 spiro atoms. The Labute approximate surface area is 137 Å². The van der Waals surface area contributed by atoms with Crippen molar-refractivity contribution in [2.24, 2.45) is 0 Å². The second-order valence-electron chi connectivity index (χ2n) is 6.07. The van der Waals surface area contributed by atoms with Crippen molar-refractivity contribution < 1.29 is 9.53 Å². The molecule has 3 nitrogen and oxygen atoms in total. The number of ketones is 1. The summed E-state index contributed by atoms with van der Waals surface area (Å²) >= 11 is 0. The zero-order valence-electron chi connectivity index (χ0n) is 13.6. The summed E-state index contributed by atoms with van der Waals surface area (Å²) in [7, 11) is 0. The summed E-state index contributed by atoms with van der Waals surface area (Å²) in [6.45, 7) is 3.62. The molecule has 0 aromatic heterocycles. The molecule has 1 aliphatic rings. The molecule has 23 heavy (non-hydrogen) atoms. The Balaban J connectivity index is 1.78. The Morgan fingerprint density at radius 2 is 1.87 bits per heavy atom. The predicted octanol–water partition coefficient (Wildman–Crippen LogP) is 4.21. The SMILES string of the molecule is CCCC(=O)C[C@H]1CN(Cc2ccccc2)c2ccccc2O1. The van der Waals surface area contributed by atoms with Gasteiger partial charge in [0.05, 0.1) is 12.2 Å².